The van der Waals surface area contributed by atoms with Crippen LogP contribution in [0.2, 0.25) is 0 Å². The zero-order valence-corrected chi connectivity index (χ0v) is 11.9. The Balaban J connectivity index is 5.48. The van der Waals surface area contributed by atoms with E-state index in [1.807, 2.05) is 6.08 Å². The Morgan fingerprint density at radius 3 is 2.35 bits per heavy atom. The SMILES string of the molecule is C=C/C=C(C#N)\C=C(/C(C)CC)C(C)(C)CC. The lowest BCUT2D eigenvalue weighted by atomic mass is 9.74. The van der Waals surface area contributed by atoms with Gasteiger partial charge in [-0.1, -0.05) is 52.8 Å². The van der Waals surface area contributed by atoms with E-state index in [1.165, 1.54) is 5.57 Å². The molecule has 0 aromatic rings. The maximum Gasteiger partial charge on any atom is 0.0991 e. The summed E-state index contributed by atoms with van der Waals surface area (Å²) in [6.07, 6.45) is 7.66. The van der Waals surface area contributed by atoms with Gasteiger partial charge in [0.15, 0.2) is 0 Å². The van der Waals surface area contributed by atoms with E-state index in [0.29, 0.717) is 11.5 Å². The maximum absolute atomic E-state index is 9.09. The van der Waals surface area contributed by atoms with Gasteiger partial charge in [-0.15, -0.1) is 0 Å². The first-order chi connectivity index (χ1) is 7.92. The van der Waals surface area contributed by atoms with Crippen molar-refractivity contribution in [2.45, 2.75) is 47.5 Å². The van der Waals surface area contributed by atoms with Crippen molar-refractivity contribution < 1.29 is 0 Å². The highest BCUT2D eigenvalue weighted by Gasteiger charge is 2.24. The number of allylic oxidation sites excluding steroid dienone is 5. The molecule has 1 atom stereocenters. The molecular weight excluding hydrogens is 206 g/mol. The van der Waals surface area contributed by atoms with Gasteiger partial charge in [0.25, 0.3) is 0 Å². The van der Waals surface area contributed by atoms with Gasteiger partial charge in [-0.25, -0.2) is 0 Å². The molecule has 0 aliphatic carbocycles. The van der Waals surface area contributed by atoms with E-state index in [4.69, 9.17) is 5.26 Å². The largest absolute Gasteiger partial charge is 0.192 e. The van der Waals surface area contributed by atoms with Crippen LogP contribution in [0.15, 0.2) is 36.0 Å². The van der Waals surface area contributed by atoms with Crippen molar-refractivity contribution in [2.24, 2.45) is 11.3 Å². The molecule has 0 heterocycles. The maximum atomic E-state index is 9.09. The predicted molar refractivity (Wildman–Crippen MR) is 75.5 cm³/mol. The average molecular weight is 231 g/mol. The molecule has 0 spiro atoms. The summed E-state index contributed by atoms with van der Waals surface area (Å²) in [4.78, 5) is 0. The molecule has 0 aliphatic heterocycles. The van der Waals surface area contributed by atoms with Gasteiger partial charge in [0.05, 0.1) is 11.6 Å². The predicted octanol–water partition coefficient (Wildman–Crippen LogP) is 5.03. The fraction of sp³-hybridized carbons (Fsp3) is 0.562. The monoisotopic (exact) mass is 231 g/mol. The Morgan fingerprint density at radius 1 is 1.41 bits per heavy atom. The van der Waals surface area contributed by atoms with E-state index >= 15 is 0 Å². The van der Waals surface area contributed by atoms with Crippen LogP contribution in [0.1, 0.15) is 47.5 Å². The standard InChI is InChI=1S/C16H25N/c1-7-10-14(12-17)11-15(13(4)8-2)16(5,6)9-3/h7,10-11,13H,1,8-9H2,2-6H3/b14-10+,15-11+. The third-order valence-corrected chi connectivity index (χ3v) is 3.55. The quantitative estimate of drug-likeness (QED) is 0.464. The van der Waals surface area contributed by atoms with Crippen LogP contribution in [0, 0.1) is 22.7 Å². The lowest BCUT2D eigenvalue weighted by Crippen LogP contribution is -2.19. The van der Waals surface area contributed by atoms with Crippen molar-refractivity contribution in [3.05, 3.63) is 36.0 Å². The van der Waals surface area contributed by atoms with Crippen molar-refractivity contribution in [1.82, 2.24) is 0 Å². The summed E-state index contributed by atoms with van der Waals surface area (Å²) in [6, 6.07) is 2.22. The fourth-order valence-electron chi connectivity index (χ4n) is 1.84. The first-order valence-electron chi connectivity index (χ1n) is 6.37. The van der Waals surface area contributed by atoms with Crippen LogP contribution in [0.4, 0.5) is 0 Å². The molecule has 1 nitrogen and oxygen atoms in total. The molecule has 94 valence electrons. The minimum atomic E-state index is 0.145. The van der Waals surface area contributed by atoms with Crippen molar-refractivity contribution >= 4 is 0 Å². The molecule has 0 radical (unpaired) electrons. The van der Waals surface area contributed by atoms with Crippen LogP contribution in [0.3, 0.4) is 0 Å². The summed E-state index contributed by atoms with van der Waals surface area (Å²) in [6.45, 7) is 14.7. The Hall–Kier alpha value is -1.29. The molecule has 0 amide bonds. The molecule has 0 aromatic heterocycles. The summed E-state index contributed by atoms with van der Waals surface area (Å²) in [7, 11) is 0. The van der Waals surface area contributed by atoms with Crippen LogP contribution in [0.25, 0.3) is 0 Å². The minimum absolute atomic E-state index is 0.145. The van der Waals surface area contributed by atoms with Crippen LogP contribution in [-0.4, -0.2) is 0 Å². The first-order valence-corrected chi connectivity index (χ1v) is 6.37. The topological polar surface area (TPSA) is 23.8 Å². The molecule has 0 N–H and O–H groups in total. The zero-order valence-electron chi connectivity index (χ0n) is 11.9. The first kappa shape index (κ1) is 15.7. The van der Waals surface area contributed by atoms with Gasteiger partial charge in [0.2, 0.25) is 0 Å². The number of nitriles is 1. The van der Waals surface area contributed by atoms with E-state index < -0.39 is 0 Å². The number of hydrogen-bond donors (Lipinski definition) is 0. The average Bonchev–Trinajstić information content (AvgIpc) is 2.33. The van der Waals surface area contributed by atoms with Crippen LogP contribution >= 0.6 is 0 Å². The number of nitrogens with zero attached hydrogens (tertiary/aromatic N) is 1. The molecule has 0 fully saturated rings. The minimum Gasteiger partial charge on any atom is -0.192 e. The Bertz CT molecular complexity index is 350. The Labute approximate surface area is 107 Å². The van der Waals surface area contributed by atoms with E-state index in [2.05, 4.69) is 47.3 Å². The molecule has 1 unspecified atom stereocenters. The van der Waals surface area contributed by atoms with Crippen molar-refractivity contribution in [2.75, 3.05) is 0 Å². The van der Waals surface area contributed by atoms with Crippen LogP contribution in [-0.2, 0) is 0 Å². The summed E-state index contributed by atoms with van der Waals surface area (Å²) in [5.41, 5.74) is 2.20. The molecule has 0 bridgehead atoms. The number of rotatable bonds is 6. The second-order valence-corrected chi connectivity index (χ2v) is 5.12. The lowest BCUT2D eigenvalue weighted by molar-refractivity contribution is 0.376. The third kappa shape index (κ3) is 4.61. The molecule has 0 saturated heterocycles. The number of hydrogen-bond acceptors (Lipinski definition) is 1. The van der Waals surface area contributed by atoms with Gasteiger partial charge in [-0.2, -0.15) is 5.26 Å². The van der Waals surface area contributed by atoms with Gasteiger partial charge >= 0.3 is 0 Å². The van der Waals surface area contributed by atoms with E-state index in [-0.39, 0.29) is 5.41 Å². The second-order valence-electron chi connectivity index (χ2n) is 5.12. The Kier molecular flexibility index (Phi) is 6.58. The smallest absolute Gasteiger partial charge is 0.0991 e. The molecule has 17 heavy (non-hydrogen) atoms. The summed E-state index contributed by atoms with van der Waals surface area (Å²) in [5.74, 6) is 0.506. The molecular formula is C16H25N. The van der Waals surface area contributed by atoms with E-state index in [9.17, 15) is 0 Å². The fourth-order valence-corrected chi connectivity index (χ4v) is 1.84. The van der Waals surface area contributed by atoms with Gasteiger partial charge in [-0.05, 0) is 36.3 Å². The second kappa shape index (κ2) is 7.12. The normalized spacial score (nSPS) is 15.3. The van der Waals surface area contributed by atoms with Crippen molar-refractivity contribution in [1.29, 1.82) is 5.26 Å². The van der Waals surface area contributed by atoms with E-state index in [0.717, 1.165) is 12.8 Å². The molecule has 0 rings (SSSR count). The molecule has 0 aromatic carbocycles. The molecule has 0 saturated carbocycles. The highest BCUT2D eigenvalue weighted by atomic mass is 14.3. The highest BCUT2D eigenvalue weighted by Crippen LogP contribution is 2.37. The van der Waals surface area contributed by atoms with Gasteiger partial charge in [0, 0.05) is 0 Å². The zero-order chi connectivity index (χ0) is 13.5. The third-order valence-electron chi connectivity index (χ3n) is 3.55. The van der Waals surface area contributed by atoms with Crippen molar-refractivity contribution in [3.8, 4) is 6.07 Å². The van der Waals surface area contributed by atoms with E-state index in [1.54, 1.807) is 12.2 Å². The Morgan fingerprint density at radius 2 is 2.00 bits per heavy atom. The van der Waals surface area contributed by atoms with Gasteiger partial charge < -0.3 is 0 Å². The van der Waals surface area contributed by atoms with Crippen LogP contribution < -0.4 is 0 Å². The van der Waals surface area contributed by atoms with Gasteiger partial charge in [-0.3, -0.25) is 0 Å². The highest BCUT2D eigenvalue weighted by molar-refractivity contribution is 5.39. The van der Waals surface area contributed by atoms with Gasteiger partial charge in [0.1, 0.15) is 0 Å². The van der Waals surface area contributed by atoms with Crippen LogP contribution in [0.5, 0.6) is 0 Å². The molecule has 0 aliphatic rings. The summed E-state index contributed by atoms with van der Waals surface area (Å²) in [5, 5.41) is 9.09. The van der Waals surface area contributed by atoms with Crippen molar-refractivity contribution in [3.63, 3.8) is 0 Å². The lowest BCUT2D eigenvalue weighted by Gasteiger charge is -2.31. The summed E-state index contributed by atoms with van der Waals surface area (Å²) >= 11 is 0. The summed E-state index contributed by atoms with van der Waals surface area (Å²) < 4.78 is 0. The molecule has 1 heteroatoms.